The molecule has 7 heteroatoms. The second-order valence-electron chi connectivity index (χ2n) is 2.71. The van der Waals surface area contributed by atoms with Crippen molar-refractivity contribution in [3.63, 3.8) is 0 Å². The van der Waals surface area contributed by atoms with Gasteiger partial charge < -0.3 is 5.73 Å². The number of nitrogens with zero attached hydrogens (tertiary/aromatic N) is 5. The molecule has 0 saturated carbocycles. The normalized spacial score (nSPS) is 10.4. The smallest absolute Gasteiger partial charge is 0.255 e. The molecule has 2 aromatic rings. The summed E-state index contributed by atoms with van der Waals surface area (Å²) in [5.41, 5.74) is 6.03. The first-order valence-corrected chi connectivity index (χ1v) is 5.29. The summed E-state index contributed by atoms with van der Waals surface area (Å²) in [4.78, 5) is 8.14. The molecular weight excluding hydrogens is 212 g/mol. The maximum Gasteiger partial charge on any atom is 0.255 e. The number of nitriles is 1. The van der Waals surface area contributed by atoms with Crippen LogP contribution in [0.4, 0.5) is 5.82 Å². The van der Waals surface area contributed by atoms with Crippen molar-refractivity contribution < 1.29 is 0 Å². The molecule has 0 atom stereocenters. The molecule has 0 radical (unpaired) electrons. The van der Waals surface area contributed by atoms with Crippen LogP contribution in [0.3, 0.4) is 0 Å². The van der Waals surface area contributed by atoms with Gasteiger partial charge >= 0.3 is 0 Å². The molecule has 0 aromatic carbocycles. The molecule has 0 unspecified atom stereocenters. The van der Waals surface area contributed by atoms with Gasteiger partial charge in [-0.05, 0) is 5.75 Å². The van der Waals surface area contributed by atoms with Crippen molar-refractivity contribution >= 4 is 23.4 Å². The van der Waals surface area contributed by atoms with E-state index in [1.165, 1.54) is 22.5 Å². The van der Waals surface area contributed by atoms with Crippen molar-refractivity contribution in [2.45, 2.75) is 12.1 Å². The van der Waals surface area contributed by atoms with Gasteiger partial charge in [0.1, 0.15) is 17.5 Å². The topological polar surface area (TPSA) is 92.9 Å². The monoisotopic (exact) mass is 220 g/mol. The van der Waals surface area contributed by atoms with Gasteiger partial charge in [-0.1, -0.05) is 18.7 Å². The third-order valence-electron chi connectivity index (χ3n) is 1.78. The zero-order valence-corrected chi connectivity index (χ0v) is 8.82. The van der Waals surface area contributed by atoms with Gasteiger partial charge in [0.05, 0.1) is 6.20 Å². The molecule has 76 valence electrons. The summed E-state index contributed by atoms with van der Waals surface area (Å²) in [6, 6.07) is 1.95. The Labute approximate surface area is 90.1 Å². The van der Waals surface area contributed by atoms with Crippen LogP contribution in [0.5, 0.6) is 0 Å². The van der Waals surface area contributed by atoms with Gasteiger partial charge in [-0.15, -0.1) is 5.10 Å². The highest BCUT2D eigenvalue weighted by Gasteiger charge is 2.09. The van der Waals surface area contributed by atoms with Crippen LogP contribution in [-0.4, -0.2) is 25.3 Å². The quantitative estimate of drug-likeness (QED) is 0.748. The first-order chi connectivity index (χ1) is 7.26. The summed E-state index contributed by atoms with van der Waals surface area (Å²) < 4.78 is 1.39. The zero-order chi connectivity index (χ0) is 10.8. The highest BCUT2D eigenvalue weighted by molar-refractivity contribution is 7.99. The molecule has 0 bridgehead atoms. The molecule has 15 heavy (non-hydrogen) atoms. The van der Waals surface area contributed by atoms with E-state index in [2.05, 4.69) is 15.1 Å². The van der Waals surface area contributed by atoms with Crippen LogP contribution < -0.4 is 5.73 Å². The zero-order valence-electron chi connectivity index (χ0n) is 8.01. The van der Waals surface area contributed by atoms with Crippen molar-refractivity contribution in [1.82, 2.24) is 19.6 Å². The van der Waals surface area contributed by atoms with Crippen molar-refractivity contribution in [3.05, 3.63) is 11.8 Å². The fourth-order valence-electron chi connectivity index (χ4n) is 1.11. The van der Waals surface area contributed by atoms with E-state index in [4.69, 9.17) is 11.0 Å². The average Bonchev–Trinajstić information content (AvgIpc) is 2.63. The number of anilines is 1. The molecule has 0 aliphatic rings. The van der Waals surface area contributed by atoms with Gasteiger partial charge in [0, 0.05) is 0 Å². The van der Waals surface area contributed by atoms with Crippen LogP contribution in [0.25, 0.3) is 5.78 Å². The number of thioether (sulfide) groups is 1. The van der Waals surface area contributed by atoms with Crippen LogP contribution in [0.2, 0.25) is 0 Å². The van der Waals surface area contributed by atoms with E-state index in [1.807, 2.05) is 13.0 Å². The molecule has 0 spiro atoms. The van der Waals surface area contributed by atoms with E-state index in [0.717, 1.165) is 5.75 Å². The van der Waals surface area contributed by atoms with Crippen molar-refractivity contribution in [1.29, 1.82) is 5.26 Å². The molecule has 2 aromatic heterocycles. The first-order valence-electron chi connectivity index (χ1n) is 4.30. The molecule has 0 fully saturated rings. The Balaban J connectivity index is 2.62. The van der Waals surface area contributed by atoms with E-state index in [1.54, 1.807) is 0 Å². The standard InChI is InChI=1S/C8H8N6S/c1-2-15-8-12-7-11-4-5(3-9)6(10)14(7)13-8/h4H,2,10H2,1H3. The maximum atomic E-state index is 8.75. The SMILES string of the molecule is CCSc1nc2ncc(C#N)c(N)n2n1. The minimum absolute atomic E-state index is 0.276. The first kappa shape index (κ1) is 9.73. The van der Waals surface area contributed by atoms with E-state index in [9.17, 15) is 0 Å². The molecule has 0 aliphatic carbocycles. The van der Waals surface area contributed by atoms with E-state index < -0.39 is 0 Å². The number of aromatic nitrogens is 4. The summed E-state index contributed by atoms with van der Waals surface area (Å²) >= 11 is 1.50. The Hall–Kier alpha value is -1.81. The Morgan fingerprint density at radius 1 is 1.67 bits per heavy atom. The highest BCUT2D eigenvalue weighted by atomic mass is 32.2. The minimum atomic E-state index is 0.276. The van der Waals surface area contributed by atoms with Gasteiger partial charge in [-0.25, -0.2) is 4.98 Å². The van der Waals surface area contributed by atoms with Crippen molar-refractivity contribution in [2.24, 2.45) is 0 Å². The summed E-state index contributed by atoms with van der Waals surface area (Å²) in [7, 11) is 0. The lowest BCUT2D eigenvalue weighted by Crippen LogP contribution is -2.03. The second-order valence-corrected chi connectivity index (χ2v) is 3.94. The van der Waals surface area contributed by atoms with E-state index >= 15 is 0 Å². The number of rotatable bonds is 2. The van der Waals surface area contributed by atoms with Crippen molar-refractivity contribution in [2.75, 3.05) is 11.5 Å². The molecular formula is C8H8N6S. The Bertz CT molecular complexity index is 540. The largest absolute Gasteiger partial charge is 0.382 e. The van der Waals surface area contributed by atoms with Gasteiger partial charge in [-0.2, -0.15) is 14.8 Å². The minimum Gasteiger partial charge on any atom is -0.382 e. The average molecular weight is 220 g/mol. The van der Waals surface area contributed by atoms with Crippen LogP contribution in [0.1, 0.15) is 12.5 Å². The van der Waals surface area contributed by atoms with Crippen LogP contribution >= 0.6 is 11.8 Å². The van der Waals surface area contributed by atoms with Crippen LogP contribution in [-0.2, 0) is 0 Å². The Kier molecular flexibility index (Phi) is 2.43. The fraction of sp³-hybridized carbons (Fsp3) is 0.250. The summed E-state index contributed by atoms with van der Waals surface area (Å²) in [6.07, 6.45) is 1.40. The van der Waals surface area contributed by atoms with Gasteiger partial charge in [0.2, 0.25) is 5.16 Å². The molecule has 0 saturated heterocycles. The highest BCUT2D eigenvalue weighted by Crippen LogP contribution is 2.16. The third-order valence-corrected chi connectivity index (χ3v) is 2.50. The summed E-state index contributed by atoms with van der Waals surface area (Å²) in [5.74, 6) is 1.57. The summed E-state index contributed by atoms with van der Waals surface area (Å²) in [6.45, 7) is 2.01. The number of nitrogen functional groups attached to an aromatic ring is 1. The van der Waals surface area contributed by atoms with E-state index in [-0.39, 0.29) is 5.82 Å². The lowest BCUT2D eigenvalue weighted by molar-refractivity contribution is 0.887. The second kappa shape index (κ2) is 3.74. The molecule has 6 nitrogen and oxygen atoms in total. The number of nitrogens with two attached hydrogens (primary N) is 1. The van der Waals surface area contributed by atoms with Crippen LogP contribution in [0.15, 0.2) is 11.4 Å². The Morgan fingerprint density at radius 2 is 2.47 bits per heavy atom. The Morgan fingerprint density at radius 3 is 3.13 bits per heavy atom. The summed E-state index contributed by atoms with van der Waals surface area (Å²) in [5, 5.41) is 13.5. The lowest BCUT2D eigenvalue weighted by atomic mass is 10.3. The predicted octanol–water partition coefficient (Wildman–Crippen LogP) is 0.690. The van der Waals surface area contributed by atoms with Crippen molar-refractivity contribution in [3.8, 4) is 6.07 Å². The van der Waals surface area contributed by atoms with Crippen LogP contribution in [0, 0.1) is 11.3 Å². The molecule has 2 heterocycles. The predicted molar refractivity (Wildman–Crippen MR) is 56.3 cm³/mol. The van der Waals surface area contributed by atoms with Gasteiger partial charge in [0.25, 0.3) is 5.78 Å². The van der Waals surface area contributed by atoms with E-state index in [0.29, 0.717) is 16.5 Å². The van der Waals surface area contributed by atoms with Gasteiger partial charge in [-0.3, -0.25) is 0 Å². The molecule has 2 N–H and O–H groups in total. The number of hydrogen-bond donors (Lipinski definition) is 1. The number of fused-ring (bicyclic) bond motifs is 1. The lowest BCUT2D eigenvalue weighted by Gasteiger charge is -1.97. The molecule has 2 rings (SSSR count). The van der Waals surface area contributed by atoms with Gasteiger partial charge in [0.15, 0.2) is 0 Å². The maximum absolute atomic E-state index is 8.75. The number of hydrogen-bond acceptors (Lipinski definition) is 6. The third kappa shape index (κ3) is 1.59. The molecule has 0 amide bonds. The fourth-order valence-corrected chi connectivity index (χ4v) is 1.65. The molecule has 0 aliphatic heterocycles.